The standard InChI is InChI=1S/C20H25FN6O2S/c21-16-1-3-17(4-2-16)27-8-5-14(12-27)11-22-20(29)26-9-6-15(7-10-26)18(28)24-19-25-23-13-30-19/h1-4,13-15H,5-12H2,(H,22,29)(H,24,25,28). The molecule has 1 unspecified atom stereocenters. The fourth-order valence-electron chi connectivity index (χ4n) is 4.01. The van der Waals surface area contributed by atoms with Gasteiger partial charge in [-0.2, -0.15) is 0 Å². The molecule has 160 valence electrons. The van der Waals surface area contributed by atoms with Crippen molar-refractivity contribution in [3.63, 3.8) is 0 Å². The highest BCUT2D eigenvalue weighted by molar-refractivity contribution is 7.13. The maximum Gasteiger partial charge on any atom is 0.317 e. The number of hydrogen-bond donors (Lipinski definition) is 2. The van der Waals surface area contributed by atoms with Crippen LogP contribution in [0, 0.1) is 17.7 Å². The van der Waals surface area contributed by atoms with Gasteiger partial charge in [0.25, 0.3) is 0 Å². The van der Waals surface area contributed by atoms with Crippen molar-refractivity contribution in [2.45, 2.75) is 19.3 Å². The maximum absolute atomic E-state index is 13.1. The van der Waals surface area contributed by atoms with Gasteiger partial charge < -0.3 is 20.4 Å². The van der Waals surface area contributed by atoms with Crippen molar-refractivity contribution < 1.29 is 14.0 Å². The first kappa shape index (κ1) is 20.5. The molecule has 2 saturated heterocycles. The Hall–Kier alpha value is -2.75. The number of urea groups is 1. The van der Waals surface area contributed by atoms with Crippen LogP contribution in [0.15, 0.2) is 29.8 Å². The molecule has 2 N–H and O–H groups in total. The molecule has 30 heavy (non-hydrogen) atoms. The van der Waals surface area contributed by atoms with Crippen LogP contribution < -0.4 is 15.5 Å². The molecule has 2 aliphatic rings. The Bertz CT molecular complexity index is 855. The molecule has 0 aliphatic carbocycles. The average Bonchev–Trinajstić information content (AvgIpc) is 3.45. The quantitative estimate of drug-likeness (QED) is 0.758. The number of nitrogens with zero attached hydrogens (tertiary/aromatic N) is 4. The molecule has 1 aromatic heterocycles. The number of rotatable bonds is 5. The number of carbonyl (C=O) groups is 2. The fraction of sp³-hybridized carbons (Fsp3) is 0.500. The van der Waals surface area contributed by atoms with Crippen molar-refractivity contribution in [1.82, 2.24) is 20.4 Å². The highest BCUT2D eigenvalue weighted by atomic mass is 32.1. The Morgan fingerprint density at radius 1 is 1.13 bits per heavy atom. The van der Waals surface area contributed by atoms with E-state index in [0.29, 0.717) is 43.5 Å². The number of hydrogen-bond acceptors (Lipinski definition) is 6. The number of nitrogens with one attached hydrogen (secondary N) is 2. The van der Waals surface area contributed by atoms with Gasteiger partial charge in [-0.1, -0.05) is 11.3 Å². The van der Waals surface area contributed by atoms with Crippen LogP contribution in [-0.4, -0.2) is 59.8 Å². The van der Waals surface area contributed by atoms with Crippen LogP contribution in [0.5, 0.6) is 0 Å². The Labute approximate surface area is 178 Å². The van der Waals surface area contributed by atoms with Crippen LogP contribution in [-0.2, 0) is 4.79 Å². The van der Waals surface area contributed by atoms with Crippen LogP contribution >= 0.6 is 11.3 Å². The third-order valence-electron chi connectivity index (χ3n) is 5.76. The van der Waals surface area contributed by atoms with Gasteiger partial charge in [0.15, 0.2) is 0 Å². The normalized spacial score (nSPS) is 19.7. The van der Waals surface area contributed by atoms with E-state index in [1.165, 1.54) is 23.5 Å². The summed E-state index contributed by atoms with van der Waals surface area (Å²) in [4.78, 5) is 28.8. The molecule has 0 spiro atoms. The number of anilines is 2. The van der Waals surface area contributed by atoms with E-state index in [4.69, 9.17) is 0 Å². The number of piperidine rings is 1. The maximum atomic E-state index is 13.1. The zero-order valence-electron chi connectivity index (χ0n) is 16.6. The Morgan fingerprint density at radius 3 is 2.60 bits per heavy atom. The molecular weight excluding hydrogens is 407 g/mol. The van der Waals surface area contributed by atoms with Gasteiger partial charge >= 0.3 is 6.03 Å². The van der Waals surface area contributed by atoms with Crippen LogP contribution in [0.2, 0.25) is 0 Å². The summed E-state index contributed by atoms with van der Waals surface area (Å²) >= 11 is 1.29. The molecule has 1 aromatic carbocycles. The Kier molecular flexibility index (Phi) is 6.41. The zero-order chi connectivity index (χ0) is 20.9. The lowest BCUT2D eigenvalue weighted by atomic mass is 9.96. The highest BCUT2D eigenvalue weighted by Gasteiger charge is 2.29. The summed E-state index contributed by atoms with van der Waals surface area (Å²) in [5, 5.41) is 13.9. The van der Waals surface area contributed by atoms with E-state index in [2.05, 4.69) is 25.7 Å². The van der Waals surface area contributed by atoms with Crippen LogP contribution in [0.3, 0.4) is 0 Å². The molecule has 2 fully saturated rings. The summed E-state index contributed by atoms with van der Waals surface area (Å²) in [6.45, 7) is 3.49. The molecule has 8 nitrogen and oxygen atoms in total. The summed E-state index contributed by atoms with van der Waals surface area (Å²) in [7, 11) is 0. The van der Waals surface area contributed by atoms with E-state index in [-0.39, 0.29) is 23.7 Å². The predicted molar refractivity (Wildman–Crippen MR) is 113 cm³/mol. The number of likely N-dealkylation sites (tertiary alicyclic amines) is 1. The second-order valence-corrected chi connectivity index (χ2v) is 8.59. The molecule has 0 saturated carbocycles. The first-order chi connectivity index (χ1) is 14.6. The predicted octanol–water partition coefficient (Wildman–Crippen LogP) is 2.56. The van der Waals surface area contributed by atoms with E-state index >= 15 is 0 Å². The van der Waals surface area contributed by atoms with Crippen molar-refractivity contribution in [3.05, 3.63) is 35.6 Å². The summed E-state index contributed by atoms with van der Waals surface area (Å²) in [5.74, 6) is -0.0341. The van der Waals surface area contributed by atoms with Gasteiger partial charge in [0.2, 0.25) is 11.0 Å². The molecule has 2 aromatic rings. The summed E-state index contributed by atoms with van der Waals surface area (Å²) < 4.78 is 13.1. The van der Waals surface area contributed by atoms with Crippen molar-refractivity contribution in [3.8, 4) is 0 Å². The molecule has 2 aliphatic heterocycles. The van der Waals surface area contributed by atoms with Crippen molar-refractivity contribution in [2.24, 2.45) is 11.8 Å². The minimum absolute atomic E-state index is 0.0568. The molecular formula is C20H25FN6O2S. The van der Waals surface area contributed by atoms with E-state index in [1.54, 1.807) is 22.5 Å². The van der Waals surface area contributed by atoms with Crippen molar-refractivity contribution in [2.75, 3.05) is 42.9 Å². The Balaban J connectivity index is 1.17. The largest absolute Gasteiger partial charge is 0.371 e. The summed E-state index contributed by atoms with van der Waals surface area (Å²) in [6.07, 6.45) is 2.27. The van der Waals surface area contributed by atoms with Gasteiger partial charge in [0, 0.05) is 44.3 Å². The van der Waals surface area contributed by atoms with E-state index < -0.39 is 0 Å². The van der Waals surface area contributed by atoms with Gasteiger partial charge in [0.05, 0.1) is 0 Å². The van der Waals surface area contributed by atoms with Gasteiger partial charge in [0.1, 0.15) is 11.3 Å². The smallest absolute Gasteiger partial charge is 0.317 e. The molecule has 3 amide bonds. The summed E-state index contributed by atoms with van der Waals surface area (Å²) in [5.41, 5.74) is 2.59. The Morgan fingerprint density at radius 2 is 1.90 bits per heavy atom. The second kappa shape index (κ2) is 9.38. The number of benzene rings is 1. The first-order valence-corrected chi connectivity index (χ1v) is 11.1. The molecule has 1 atom stereocenters. The molecule has 3 heterocycles. The van der Waals surface area contributed by atoms with Gasteiger partial charge in [-0.15, -0.1) is 10.2 Å². The molecule has 4 rings (SSSR count). The second-order valence-electron chi connectivity index (χ2n) is 7.76. The highest BCUT2D eigenvalue weighted by Crippen LogP contribution is 2.24. The lowest BCUT2D eigenvalue weighted by Crippen LogP contribution is -2.47. The topological polar surface area (TPSA) is 90.5 Å². The molecule has 0 bridgehead atoms. The third kappa shape index (κ3) is 5.05. The van der Waals surface area contributed by atoms with Gasteiger partial charge in [-0.05, 0) is 49.4 Å². The van der Waals surface area contributed by atoms with Gasteiger partial charge in [-0.25, -0.2) is 9.18 Å². The number of aromatic nitrogens is 2. The monoisotopic (exact) mass is 432 g/mol. The van der Waals surface area contributed by atoms with Crippen LogP contribution in [0.25, 0.3) is 0 Å². The fourth-order valence-corrected chi connectivity index (χ4v) is 4.46. The van der Waals surface area contributed by atoms with Gasteiger partial charge in [-0.3, -0.25) is 4.79 Å². The summed E-state index contributed by atoms with van der Waals surface area (Å²) in [6, 6.07) is 6.46. The van der Waals surface area contributed by atoms with E-state index in [9.17, 15) is 14.0 Å². The molecule has 0 radical (unpaired) electrons. The third-order valence-corrected chi connectivity index (χ3v) is 6.37. The van der Waals surface area contributed by atoms with Crippen LogP contribution in [0.4, 0.5) is 20.0 Å². The van der Waals surface area contributed by atoms with Crippen LogP contribution in [0.1, 0.15) is 19.3 Å². The lowest BCUT2D eigenvalue weighted by molar-refractivity contribution is -0.121. The number of halogens is 1. The minimum Gasteiger partial charge on any atom is -0.371 e. The van der Waals surface area contributed by atoms with E-state index in [1.807, 2.05) is 0 Å². The zero-order valence-corrected chi connectivity index (χ0v) is 17.4. The van der Waals surface area contributed by atoms with Crippen molar-refractivity contribution >= 4 is 34.1 Å². The van der Waals surface area contributed by atoms with Crippen molar-refractivity contribution in [1.29, 1.82) is 0 Å². The SMILES string of the molecule is O=C(Nc1nncs1)C1CCN(C(=O)NCC2CCN(c3ccc(F)cc3)C2)CC1. The lowest BCUT2D eigenvalue weighted by Gasteiger charge is -2.31. The van der Waals surface area contributed by atoms with E-state index in [0.717, 1.165) is 25.2 Å². The number of carbonyl (C=O) groups excluding carboxylic acids is 2. The molecule has 10 heteroatoms. The average molecular weight is 433 g/mol. The minimum atomic E-state index is -0.233. The number of amides is 3. The first-order valence-electron chi connectivity index (χ1n) is 10.2.